The largest absolute Gasteiger partial charge is 0.367 e. The third kappa shape index (κ3) is 4.49. The average Bonchev–Trinajstić information content (AvgIpc) is 3.08. The molecule has 1 amide bonds. The second kappa shape index (κ2) is 8.83. The van der Waals surface area contributed by atoms with E-state index in [0.717, 1.165) is 31.7 Å². The summed E-state index contributed by atoms with van der Waals surface area (Å²) < 4.78 is 26.8. The lowest BCUT2D eigenvalue weighted by Gasteiger charge is -2.21. The number of carbonyl (C=O) groups is 1. The zero-order valence-electron chi connectivity index (χ0n) is 13.2. The minimum atomic E-state index is -0.583. The van der Waals surface area contributed by atoms with Gasteiger partial charge in [0.15, 0.2) is 0 Å². The number of nitrogens with one attached hydrogen (secondary N) is 1. The second-order valence-electron chi connectivity index (χ2n) is 6.24. The Labute approximate surface area is 153 Å². The minimum Gasteiger partial charge on any atom is -0.367 e. The van der Waals surface area contributed by atoms with Crippen molar-refractivity contribution in [2.75, 3.05) is 18.0 Å². The van der Waals surface area contributed by atoms with E-state index in [1.54, 1.807) is 0 Å². The standard InChI is InChI=1S/C16H21F2N3O.2ClH/c17-10-4-5-15(13(18)8-10)21-7-6-11(9-21)20-16(22)12-2-1-3-14(12)19;;/h4-5,8,11-12,14H,1-3,6-7,9,19H2,(H,20,22);2*1H. The molecule has 1 saturated carbocycles. The van der Waals surface area contributed by atoms with Crippen molar-refractivity contribution >= 4 is 36.4 Å². The first kappa shape index (κ1) is 20.9. The Morgan fingerprint density at radius 3 is 2.58 bits per heavy atom. The fraction of sp³-hybridized carbons (Fsp3) is 0.562. The van der Waals surface area contributed by atoms with E-state index >= 15 is 0 Å². The molecule has 3 atom stereocenters. The summed E-state index contributed by atoms with van der Waals surface area (Å²) >= 11 is 0. The number of hydrogen-bond donors (Lipinski definition) is 2. The van der Waals surface area contributed by atoms with Crippen LogP contribution in [0.2, 0.25) is 0 Å². The van der Waals surface area contributed by atoms with Crippen LogP contribution >= 0.6 is 24.8 Å². The van der Waals surface area contributed by atoms with Crippen LogP contribution in [0.25, 0.3) is 0 Å². The molecule has 0 radical (unpaired) electrons. The van der Waals surface area contributed by atoms with Crippen molar-refractivity contribution in [3.05, 3.63) is 29.8 Å². The number of hydrogen-bond acceptors (Lipinski definition) is 3. The smallest absolute Gasteiger partial charge is 0.224 e. The number of rotatable bonds is 3. The molecule has 3 unspecified atom stereocenters. The number of amides is 1. The molecule has 1 saturated heterocycles. The van der Waals surface area contributed by atoms with E-state index in [2.05, 4.69) is 5.32 Å². The van der Waals surface area contributed by atoms with E-state index in [9.17, 15) is 13.6 Å². The van der Waals surface area contributed by atoms with E-state index < -0.39 is 11.6 Å². The molecule has 3 rings (SSSR count). The van der Waals surface area contributed by atoms with Crippen molar-refractivity contribution in [2.45, 2.75) is 37.8 Å². The highest BCUT2D eigenvalue weighted by molar-refractivity contribution is 5.85. The highest BCUT2D eigenvalue weighted by Crippen LogP contribution is 2.26. The van der Waals surface area contributed by atoms with Crippen LogP contribution in [-0.2, 0) is 4.79 Å². The van der Waals surface area contributed by atoms with E-state index in [-0.39, 0.29) is 48.7 Å². The van der Waals surface area contributed by atoms with Gasteiger partial charge in [0.1, 0.15) is 11.6 Å². The molecule has 1 aliphatic carbocycles. The number of nitrogens with two attached hydrogens (primary N) is 1. The first-order chi connectivity index (χ1) is 10.5. The van der Waals surface area contributed by atoms with Crippen LogP contribution in [0, 0.1) is 17.6 Å². The van der Waals surface area contributed by atoms with Crippen LogP contribution < -0.4 is 16.0 Å². The lowest BCUT2D eigenvalue weighted by molar-refractivity contribution is -0.125. The summed E-state index contributed by atoms with van der Waals surface area (Å²) in [5, 5.41) is 3.02. The van der Waals surface area contributed by atoms with Gasteiger partial charge in [-0.2, -0.15) is 0 Å². The lowest BCUT2D eigenvalue weighted by atomic mass is 10.0. The summed E-state index contributed by atoms with van der Waals surface area (Å²) in [5.74, 6) is -1.24. The summed E-state index contributed by atoms with van der Waals surface area (Å²) in [6.45, 7) is 1.18. The molecule has 1 aromatic rings. The molecule has 24 heavy (non-hydrogen) atoms. The Morgan fingerprint density at radius 2 is 1.96 bits per heavy atom. The number of benzene rings is 1. The zero-order chi connectivity index (χ0) is 15.7. The zero-order valence-corrected chi connectivity index (χ0v) is 14.8. The van der Waals surface area contributed by atoms with Gasteiger partial charge in [-0.15, -0.1) is 24.8 Å². The van der Waals surface area contributed by atoms with Crippen molar-refractivity contribution in [1.29, 1.82) is 0 Å². The van der Waals surface area contributed by atoms with Gasteiger partial charge in [0, 0.05) is 31.2 Å². The Balaban J connectivity index is 0.00000144. The van der Waals surface area contributed by atoms with Crippen molar-refractivity contribution in [3.8, 4) is 0 Å². The van der Waals surface area contributed by atoms with Crippen molar-refractivity contribution < 1.29 is 13.6 Å². The quantitative estimate of drug-likeness (QED) is 0.845. The first-order valence-electron chi connectivity index (χ1n) is 7.80. The monoisotopic (exact) mass is 381 g/mol. The normalized spacial score (nSPS) is 25.8. The van der Waals surface area contributed by atoms with E-state index in [1.165, 1.54) is 12.1 Å². The molecule has 1 aliphatic heterocycles. The molecule has 4 nitrogen and oxygen atoms in total. The number of nitrogens with zero attached hydrogens (tertiary/aromatic N) is 1. The average molecular weight is 382 g/mol. The van der Waals surface area contributed by atoms with Crippen LogP contribution in [0.3, 0.4) is 0 Å². The van der Waals surface area contributed by atoms with E-state index in [1.807, 2.05) is 4.90 Å². The first-order valence-corrected chi connectivity index (χ1v) is 7.80. The van der Waals surface area contributed by atoms with Crippen molar-refractivity contribution in [1.82, 2.24) is 5.32 Å². The van der Waals surface area contributed by atoms with E-state index in [0.29, 0.717) is 18.8 Å². The molecule has 8 heteroatoms. The van der Waals surface area contributed by atoms with Crippen LogP contribution in [0.4, 0.5) is 14.5 Å². The fourth-order valence-electron chi connectivity index (χ4n) is 3.46. The highest BCUT2D eigenvalue weighted by atomic mass is 35.5. The molecule has 2 aliphatic rings. The highest BCUT2D eigenvalue weighted by Gasteiger charge is 2.33. The number of halogens is 4. The Morgan fingerprint density at radius 1 is 1.21 bits per heavy atom. The maximum atomic E-state index is 13.8. The summed E-state index contributed by atoms with van der Waals surface area (Å²) in [6, 6.07) is 3.53. The maximum Gasteiger partial charge on any atom is 0.224 e. The number of carbonyl (C=O) groups excluding carboxylic acids is 1. The van der Waals surface area contributed by atoms with Crippen molar-refractivity contribution in [2.24, 2.45) is 11.7 Å². The van der Waals surface area contributed by atoms with Gasteiger partial charge in [0.05, 0.1) is 11.6 Å². The molecule has 1 heterocycles. The van der Waals surface area contributed by atoms with Crippen LogP contribution in [0.15, 0.2) is 18.2 Å². The van der Waals surface area contributed by atoms with Gasteiger partial charge in [-0.3, -0.25) is 4.79 Å². The SMILES string of the molecule is Cl.Cl.NC1CCCC1C(=O)NC1CCN(c2ccc(F)cc2F)C1. The summed E-state index contributed by atoms with van der Waals surface area (Å²) in [7, 11) is 0. The third-order valence-corrected chi connectivity index (χ3v) is 4.69. The summed E-state index contributed by atoms with van der Waals surface area (Å²) in [4.78, 5) is 14.1. The number of anilines is 1. The van der Waals surface area contributed by atoms with Gasteiger partial charge < -0.3 is 16.0 Å². The summed E-state index contributed by atoms with van der Waals surface area (Å²) in [5.41, 5.74) is 6.34. The molecule has 136 valence electrons. The van der Waals surface area contributed by atoms with Gasteiger partial charge >= 0.3 is 0 Å². The topological polar surface area (TPSA) is 58.4 Å². The molecule has 0 aromatic heterocycles. The molecule has 2 fully saturated rings. The molecular weight excluding hydrogens is 359 g/mol. The van der Waals surface area contributed by atoms with Gasteiger partial charge in [-0.25, -0.2) is 8.78 Å². The van der Waals surface area contributed by atoms with E-state index in [4.69, 9.17) is 5.73 Å². The molecule has 0 spiro atoms. The van der Waals surface area contributed by atoms with Gasteiger partial charge in [0.25, 0.3) is 0 Å². The Kier molecular flexibility index (Phi) is 7.70. The van der Waals surface area contributed by atoms with Crippen molar-refractivity contribution in [3.63, 3.8) is 0 Å². The Hall–Kier alpha value is -1.11. The molecule has 0 bridgehead atoms. The van der Waals surface area contributed by atoms with Gasteiger partial charge in [-0.1, -0.05) is 6.42 Å². The van der Waals surface area contributed by atoms with Gasteiger partial charge in [-0.05, 0) is 31.4 Å². The lowest BCUT2D eigenvalue weighted by Crippen LogP contribution is -2.44. The molecular formula is C16H23Cl2F2N3O. The summed E-state index contributed by atoms with van der Waals surface area (Å²) in [6.07, 6.45) is 3.49. The fourth-order valence-corrected chi connectivity index (χ4v) is 3.46. The van der Waals surface area contributed by atoms with Gasteiger partial charge in [0.2, 0.25) is 5.91 Å². The maximum absolute atomic E-state index is 13.8. The molecule has 3 N–H and O–H groups in total. The predicted octanol–water partition coefficient (Wildman–Crippen LogP) is 2.63. The molecule has 1 aromatic carbocycles. The third-order valence-electron chi connectivity index (χ3n) is 4.69. The van der Waals surface area contributed by atoms with Crippen LogP contribution in [0.1, 0.15) is 25.7 Å². The predicted molar refractivity (Wildman–Crippen MR) is 94.9 cm³/mol. The van der Waals surface area contributed by atoms with Crippen LogP contribution in [-0.4, -0.2) is 31.1 Å². The second-order valence-corrected chi connectivity index (χ2v) is 6.24. The minimum absolute atomic E-state index is 0. The Bertz CT molecular complexity index is 576. The van der Waals surface area contributed by atoms with Crippen LogP contribution in [0.5, 0.6) is 0 Å².